The van der Waals surface area contributed by atoms with Crippen molar-refractivity contribution in [3.8, 4) is 0 Å². The van der Waals surface area contributed by atoms with Crippen molar-refractivity contribution in [2.75, 3.05) is 40.4 Å². The second-order valence-corrected chi connectivity index (χ2v) is 5.70. The Bertz CT molecular complexity index is 320. The lowest BCUT2D eigenvalue weighted by molar-refractivity contribution is -0.153. The Kier molecular flexibility index (Phi) is 8.41. The third-order valence-electron chi connectivity index (χ3n) is 3.78. The zero-order chi connectivity index (χ0) is 15.8. The van der Waals surface area contributed by atoms with E-state index in [0.29, 0.717) is 19.7 Å². The highest BCUT2D eigenvalue weighted by atomic mass is 16.5. The number of methoxy groups -OCH3 is 1. The molecule has 0 aromatic carbocycles. The summed E-state index contributed by atoms with van der Waals surface area (Å²) in [5.74, 6) is -1.25. The average molecular weight is 288 g/mol. The van der Waals surface area contributed by atoms with Gasteiger partial charge in [0.25, 0.3) is 0 Å². The van der Waals surface area contributed by atoms with Crippen molar-refractivity contribution in [2.24, 2.45) is 11.3 Å². The van der Waals surface area contributed by atoms with E-state index in [2.05, 4.69) is 5.32 Å². The van der Waals surface area contributed by atoms with Crippen LogP contribution < -0.4 is 5.32 Å². The van der Waals surface area contributed by atoms with Gasteiger partial charge in [-0.05, 0) is 19.9 Å². The monoisotopic (exact) mass is 288 g/mol. The number of nitrogens with one attached hydrogen (secondary N) is 1. The van der Waals surface area contributed by atoms with E-state index in [-0.39, 0.29) is 18.2 Å². The number of amides is 1. The maximum atomic E-state index is 11.8. The van der Waals surface area contributed by atoms with Crippen LogP contribution in [-0.4, -0.2) is 62.3 Å². The molecule has 6 nitrogen and oxygen atoms in total. The van der Waals surface area contributed by atoms with Gasteiger partial charge in [0.15, 0.2) is 0 Å². The molecule has 1 unspecified atom stereocenters. The van der Waals surface area contributed by atoms with Crippen LogP contribution in [0.1, 0.15) is 27.2 Å². The molecule has 0 saturated heterocycles. The van der Waals surface area contributed by atoms with Crippen LogP contribution in [0.2, 0.25) is 0 Å². The van der Waals surface area contributed by atoms with Crippen LogP contribution in [0.25, 0.3) is 0 Å². The summed E-state index contributed by atoms with van der Waals surface area (Å²) in [4.78, 5) is 25.2. The van der Waals surface area contributed by atoms with E-state index in [1.54, 1.807) is 14.0 Å². The van der Waals surface area contributed by atoms with Crippen LogP contribution in [0.5, 0.6) is 0 Å². The molecule has 118 valence electrons. The number of likely N-dealkylation sites (N-methyl/N-ethyl adjacent to an activating group) is 1. The van der Waals surface area contributed by atoms with E-state index in [9.17, 15) is 14.7 Å². The van der Waals surface area contributed by atoms with Gasteiger partial charge in [-0.1, -0.05) is 13.8 Å². The first kappa shape index (κ1) is 18.9. The van der Waals surface area contributed by atoms with E-state index in [4.69, 9.17) is 4.74 Å². The summed E-state index contributed by atoms with van der Waals surface area (Å²) in [5.41, 5.74) is -1.02. The number of rotatable bonds is 10. The summed E-state index contributed by atoms with van der Waals surface area (Å²) in [6, 6.07) is 0. The van der Waals surface area contributed by atoms with Gasteiger partial charge >= 0.3 is 5.97 Å². The summed E-state index contributed by atoms with van der Waals surface area (Å²) < 4.78 is 4.96. The quantitative estimate of drug-likeness (QED) is 0.622. The van der Waals surface area contributed by atoms with Gasteiger partial charge < -0.3 is 20.1 Å². The number of carbonyl (C=O) groups is 2. The van der Waals surface area contributed by atoms with Crippen LogP contribution in [0, 0.1) is 11.3 Å². The Balaban J connectivity index is 4.13. The molecule has 0 rings (SSSR count). The highest BCUT2D eigenvalue weighted by Crippen LogP contribution is 2.31. The Morgan fingerprint density at radius 3 is 2.40 bits per heavy atom. The van der Waals surface area contributed by atoms with Crippen molar-refractivity contribution in [2.45, 2.75) is 27.2 Å². The Morgan fingerprint density at radius 1 is 1.35 bits per heavy atom. The molecule has 0 fully saturated rings. The minimum Gasteiger partial charge on any atom is -0.481 e. The number of hydrogen-bond acceptors (Lipinski definition) is 4. The third kappa shape index (κ3) is 6.34. The van der Waals surface area contributed by atoms with Crippen molar-refractivity contribution in [1.29, 1.82) is 0 Å². The SMILES string of the molecule is COCCN(C)CCNC(=O)CC(C)(C(=O)O)C(C)C. The van der Waals surface area contributed by atoms with Crippen molar-refractivity contribution in [1.82, 2.24) is 10.2 Å². The van der Waals surface area contributed by atoms with Gasteiger partial charge in [-0.25, -0.2) is 0 Å². The van der Waals surface area contributed by atoms with E-state index in [0.717, 1.165) is 6.54 Å². The number of carboxylic acids is 1. The van der Waals surface area contributed by atoms with Crippen molar-refractivity contribution in [3.63, 3.8) is 0 Å². The Morgan fingerprint density at radius 2 is 1.95 bits per heavy atom. The molecule has 0 bridgehead atoms. The molecule has 6 heteroatoms. The maximum absolute atomic E-state index is 11.8. The van der Waals surface area contributed by atoms with Crippen LogP contribution in [0.3, 0.4) is 0 Å². The Labute approximate surface area is 121 Å². The zero-order valence-corrected chi connectivity index (χ0v) is 13.2. The van der Waals surface area contributed by atoms with Gasteiger partial charge in [0.05, 0.1) is 12.0 Å². The van der Waals surface area contributed by atoms with Gasteiger partial charge in [-0.3, -0.25) is 9.59 Å². The minimum absolute atomic E-state index is 0.00177. The van der Waals surface area contributed by atoms with E-state index >= 15 is 0 Å². The summed E-state index contributed by atoms with van der Waals surface area (Å²) >= 11 is 0. The number of nitrogens with zero attached hydrogens (tertiary/aromatic N) is 1. The fourth-order valence-corrected chi connectivity index (χ4v) is 1.67. The molecule has 0 radical (unpaired) electrons. The smallest absolute Gasteiger partial charge is 0.310 e. The van der Waals surface area contributed by atoms with E-state index in [1.807, 2.05) is 25.8 Å². The summed E-state index contributed by atoms with van der Waals surface area (Å²) in [6.45, 7) is 7.91. The largest absolute Gasteiger partial charge is 0.481 e. The van der Waals surface area contributed by atoms with Gasteiger partial charge in [-0.15, -0.1) is 0 Å². The number of ether oxygens (including phenoxy) is 1. The third-order valence-corrected chi connectivity index (χ3v) is 3.78. The molecule has 0 aliphatic carbocycles. The number of carbonyl (C=O) groups excluding carboxylic acids is 1. The molecule has 0 aromatic rings. The summed E-state index contributed by atoms with van der Waals surface area (Å²) in [7, 11) is 3.59. The molecular weight excluding hydrogens is 260 g/mol. The molecule has 0 aliphatic heterocycles. The first-order valence-electron chi connectivity index (χ1n) is 6.91. The molecule has 20 heavy (non-hydrogen) atoms. The fraction of sp³-hybridized carbons (Fsp3) is 0.857. The van der Waals surface area contributed by atoms with Crippen LogP contribution in [0.4, 0.5) is 0 Å². The summed E-state index contributed by atoms with van der Waals surface area (Å²) in [5, 5.41) is 12.0. The van der Waals surface area contributed by atoms with Gasteiger partial charge in [0.2, 0.25) is 5.91 Å². The van der Waals surface area contributed by atoms with E-state index in [1.165, 1.54) is 0 Å². The average Bonchev–Trinajstić information content (AvgIpc) is 2.35. The lowest BCUT2D eigenvalue weighted by atomic mass is 9.76. The highest BCUT2D eigenvalue weighted by molar-refractivity contribution is 5.84. The van der Waals surface area contributed by atoms with Crippen LogP contribution in [0.15, 0.2) is 0 Å². The molecule has 0 aliphatic rings. The van der Waals surface area contributed by atoms with Gasteiger partial charge in [-0.2, -0.15) is 0 Å². The van der Waals surface area contributed by atoms with Crippen molar-refractivity contribution in [3.05, 3.63) is 0 Å². The first-order chi connectivity index (χ1) is 9.24. The molecule has 0 aromatic heterocycles. The number of aliphatic carboxylic acids is 1. The molecule has 0 saturated carbocycles. The zero-order valence-electron chi connectivity index (χ0n) is 13.2. The maximum Gasteiger partial charge on any atom is 0.310 e. The standard InChI is InChI=1S/C14H28N2O4/c1-11(2)14(3,13(18)19)10-12(17)15-6-7-16(4)8-9-20-5/h11H,6-10H2,1-5H3,(H,15,17)(H,18,19). The second-order valence-electron chi connectivity index (χ2n) is 5.70. The number of carboxylic acid groups (broad SMARTS) is 1. The normalized spacial score (nSPS) is 14.3. The number of hydrogen-bond donors (Lipinski definition) is 2. The highest BCUT2D eigenvalue weighted by Gasteiger charge is 2.38. The lowest BCUT2D eigenvalue weighted by Gasteiger charge is -2.28. The molecular formula is C14H28N2O4. The van der Waals surface area contributed by atoms with Crippen LogP contribution in [-0.2, 0) is 14.3 Å². The second kappa shape index (κ2) is 8.92. The molecule has 0 spiro atoms. The summed E-state index contributed by atoms with van der Waals surface area (Å²) in [6.07, 6.45) is 0.00177. The van der Waals surface area contributed by atoms with Gasteiger partial charge in [0.1, 0.15) is 0 Å². The lowest BCUT2D eigenvalue weighted by Crippen LogP contribution is -2.41. The van der Waals surface area contributed by atoms with Crippen molar-refractivity contribution >= 4 is 11.9 Å². The van der Waals surface area contributed by atoms with E-state index < -0.39 is 11.4 Å². The molecule has 1 atom stereocenters. The molecule has 0 heterocycles. The first-order valence-corrected chi connectivity index (χ1v) is 6.91. The molecule has 2 N–H and O–H groups in total. The van der Waals surface area contributed by atoms with Crippen LogP contribution >= 0.6 is 0 Å². The topological polar surface area (TPSA) is 78.9 Å². The Hall–Kier alpha value is -1.14. The van der Waals surface area contributed by atoms with Crippen molar-refractivity contribution < 1.29 is 19.4 Å². The fourth-order valence-electron chi connectivity index (χ4n) is 1.67. The molecule has 1 amide bonds. The van der Waals surface area contributed by atoms with Gasteiger partial charge in [0, 0.05) is 33.2 Å². The predicted molar refractivity (Wildman–Crippen MR) is 77.6 cm³/mol. The minimum atomic E-state index is -1.02. The predicted octanol–water partition coefficient (Wildman–Crippen LogP) is 0.818.